The van der Waals surface area contributed by atoms with E-state index < -0.39 is 10.0 Å². The van der Waals surface area contributed by atoms with Crippen LogP contribution in [0.2, 0.25) is 0 Å². The van der Waals surface area contributed by atoms with Gasteiger partial charge in [0.1, 0.15) is 10.7 Å². The molecular weight excluding hydrogens is 328 g/mol. The second-order valence-corrected chi connectivity index (χ2v) is 8.36. The molecular formula is C16H24N4O3S. The molecule has 0 bridgehead atoms. The summed E-state index contributed by atoms with van der Waals surface area (Å²) in [5, 5.41) is 2.94. The molecule has 1 N–H and O–H groups in total. The SMILES string of the molecule is CC(=O)NC1CCN(c2ccc(S(=O)(=O)N3CCCC3)cn2)CC1. The Morgan fingerprint density at radius 3 is 2.38 bits per heavy atom. The van der Waals surface area contributed by atoms with Gasteiger partial charge in [0.25, 0.3) is 0 Å². The van der Waals surface area contributed by atoms with Gasteiger partial charge in [-0.15, -0.1) is 0 Å². The summed E-state index contributed by atoms with van der Waals surface area (Å²) in [4.78, 5) is 17.9. The van der Waals surface area contributed by atoms with Gasteiger partial charge in [0.15, 0.2) is 0 Å². The smallest absolute Gasteiger partial charge is 0.244 e. The average Bonchev–Trinajstić information content (AvgIpc) is 3.10. The van der Waals surface area contributed by atoms with Crippen LogP contribution in [0.1, 0.15) is 32.6 Å². The number of amides is 1. The fourth-order valence-electron chi connectivity index (χ4n) is 3.33. The largest absolute Gasteiger partial charge is 0.356 e. The predicted molar refractivity (Wildman–Crippen MR) is 91.3 cm³/mol. The summed E-state index contributed by atoms with van der Waals surface area (Å²) >= 11 is 0. The number of rotatable bonds is 4. The molecule has 0 unspecified atom stereocenters. The zero-order valence-corrected chi connectivity index (χ0v) is 14.8. The normalized spacial score (nSPS) is 20.3. The van der Waals surface area contributed by atoms with E-state index in [9.17, 15) is 13.2 Å². The third kappa shape index (κ3) is 3.70. The zero-order valence-electron chi connectivity index (χ0n) is 13.9. The summed E-state index contributed by atoms with van der Waals surface area (Å²) < 4.78 is 26.5. The van der Waals surface area contributed by atoms with Crippen LogP contribution in [-0.4, -0.2) is 55.8 Å². The number of hydrogen-bond acceptors (Lipinski definition) is 5. The maximum atomic E-state index is 12.5. The second kappa shape index (κ2) is 7.06. The first kappa shape index (κ1) is 17.2. The number of carbonyl (C=O) groups excluding carboxylic acids is 1. The second-order valence-electron chi connectivity index (χ2n) is 6.43. The molecule has 1 aromatic rings. The molecule has 2 fully saturated rings. The highest BCUT2D eigenvalue weighted by molar-refractivity contribution is 7.89. The minimum Gasteiger partial charge on any atom is -0.356 e. The molecule has 132 valence electrons. The molecule has 0 saturated carbocycles. The summed E-state index contributed by atoms with van der Waals surface area (Å²) in [5.41, 5.74) is 0. The van der Waals surface area contributed by atoms with Crippen LogP contribution in [0, 0.1) is 0 Å². The van der Waals surface area contributed by atoms with Crippen LogP contribution in [0.15, 0.2) is 23.2 Å². The van der Waals surface area contributed by atoms with Gasteiger partial charge in [-0.05, 0) is 37.8 Å². The van der Waals surface area contributed by atoms with Crippen LogP contribution in [0.5, 0.6) is 0 Å². The topological polar surface area (TPSA) is 82.6 Å². The predicted octanol–water partition coefficient (Wildman–Crippen LogP) is 0.971. The molecule has 0 aromatic carbocycles. The highest BCUT2D eigenvalue weighted by Crippen LogP contribution is 2.23. The Labute approximate surface area is 143 Å². The van der Waals surface area contributed by atoms with Crippen molar-refractivity contribution in [2.75, 3.05) is 31.1 Å². The molecule has 0 spiro atoms. The van der Waals surface area contributed by atoms with Gasteiger partial charge in [-0.3, -0.25) is 4.79 Å². The van der Waals surface area contributed by atoms with Gasteiger partial charge in [-0.2, -0.15) is 4.31 Å². The highest BCUT2D eigenvalue weighted by atomic mass is 32.2. The van der Waals surface area contributed by atoms with Gasteiger partial charge in [-0.1, -0.05) is 0 Å². The molecule has 0 atom stereocenters. The summed E-state index contributed by atoms with van der Waals surface area (Å²) in [5.74, 6) is 0.791. The molecule has 3 rings (SSSR count). The van der Waals surface area contributed by atoms with Gasteiger partial charge in [-0.25, -0.2) is 13.4 Å². The van der Waals surface area contributed by atoms with Crippen molar-refractivity contribution in [1.82, 2.24) is 14.6 Å². The van der Waals surface area contributed by atoms with Gasteiger partial charge in [0.2, 0.25) is 15.9 Å². The Bertz CT molecular complexity index is 676. The van der Waals surface area contributed by atoms with Crippen LogP contribution < -0.4 is 10.2 Å². The van der Waals surface area contributed by atoms with E-state index in [2.05, 4.69) is 15.2 Å². The van der Waals surface area contributed by atoms with E-state index in [4.69, 9.17) is 0 Å². The van der Waals surface area contributed by atoms with E-state index in [1.807, 2.05) is 0 Å². The van der Waals surface area contributed by atoms with E-state index in [0.29, 0.717) is 13.1 Å². The number of anilines is 1. The number of hydrogen-bond donors (Lipinski definition) is 1. The molecule has 3 heterocycles. The summed E-state index contributed by atoms with van der Waals surface area (Å²) in [6.45, 7) is 4.33. The minimum absolute atomic E-state index is 0.00282. The molecule has 0 radical (unpaired) electrons. The summed E-state index contributed by atoms with van der Waals surface area (Å²) in [6.07, 6.45) is 5.05. The molecule has 1 aromatic heterocycles. The third-order valence-corrected chi connectivity index (χ3v) is 6.53. The molecule has 7 nitrogen and oxygen atoms in total. The first-order valence-corrected chi connectivity index (χ1v) is 9.89. The molecule has 1 amide bonds. The first-order chi connectivity index (χ1) is 11.5. The van der Waals surface area contributed by atoms with E-state index in [1.54, 1.807) is 12.1 Å². The van der Waals surface area contributed by atoms with Gasteiger partial charge in [0, 0.05) is 45.3 Å². The van der Waals surface area contributed by atoms with Crippen molar-refractivity contribution in [3.8, 4) is 0 Å². The lowest BCUT2D eigenvalue weighted by Gasteiger charge is -2.33. The van der Waals surface area contributed by atoms with Gasteiger partial charge < -0.3 is 10.2 Å². The molecule has 2 aliphatic heterocycles. The number of carbonyl (C=O) groups is 1. The standard InChI is InChI=1S/C16H24N4O3S/c1-13(21)18-14-6-10-19(11-7-14)16-5-4-15(12-17-16)24(22,23)20-8-2-3-9-20/h4-5,12,14H,2-3,6-11H2,1H3,(H,18,21). The van der Waals surface area contributed by atoms with Crippen molar-refractivity contribution in [2.24, 2.45) is 0 Å². The minimum atomic E-state index is -3.40. The maximum Gasteiger partial charge on any atom is 0.244 e. The Balaban J connectivity index is 1.64. The van der Waals surface area contributed by atoms with Crippen LogP contribution in [0.3, 0.4) is 0 Å². The quantitative estimate of drug-likeness (QED) is 0.873. The summed E-state index contributed by atoms with van der Waals surface area (Å²) in [6, 6.07) is 3.64. The van der Waals surface area contributed by atoms with E-state index in [1.165, 1.54) is 17.4 Å². The van der Waals surface area contributed by atoms with Crippen molar-refractivity contribution in [1.29, 1.82) is 0 Å². The Morgan fingerprint density at radius 2 is 1.83 bits per heavy atom. The van der Waals surface area contributed by atoms with Crippen molar-refractivity contribution < 1.29 is 13.2 Å². The molecule has 8 heteroatoms. The van der Waals surface area contributed by atoms with Crippen molar-refractivity contribution in [2.45, 2.75) is 43.5 Å². The van der Waals surface area contributed by atoms with Crippen LogP contribution >= 0.6 is 0 Å². The summed E-state index contributed by atoms with van der Waals surface area (Å²) in [7, 11) is -3.40. The van der Waals surface area contributed by atoms with E-state index in [0.717, 1.165) is 44.6 Å². The lowest BCUT2D eigenvalue weighted by molar-refractivity contribution is -0.119. The Hall–Kier alpha value is -1.67. The lowest BCUT2D eigenvalue weighted by Crippen LogP contribution is -2.44. The fourth-order valence-corrected chi connectivity index (χ4v) is 4.79. The van der Waals surface area contributed by atoms with Crippen molar-refractivity contribution in [3.05, 3.63) is 18.3 Å². The number of nitrogens with zero attached hydrogens (tertiary/aromatic N) is 3. The molecule has 2 saturated heterocycles. The lowest BCUT2D eigenvalue weighted by atomic mass is 10.1. The fraction of sp³-hybridized carbons (Fsp3) is 0.625. The number of sulfonamides is 1. The number of piperidine rings is 1. The van der Waals surface area contributed by atoms with Crippen molar-refractivity contribution in [3.63, 3.8) is 0 Å². The van der Waals surface area contributed by atoms with Gasteiger partial charge in [0.05, 0.1) is 0 Å². The molecule has 24 heavy (non-hydrogen) atoms. The third-order valence-electron chi connectivity index (χ3n) is 4.65. The molecule has 2 aliphatic rings. The van der Waals surface area contributed by atoms with Crippen LogP contribution in [-0.2, 0) is 14.8 Å². The Morgan fingerprint density at radius 1 is 1.17 bits per heavy atom. The zero-order chi connectivity index (χ0) is 17.2. The highest BCUT2D eigenvalue weighted by Gasteiger charge is 2.28. The number of nitrogens with one attached hydrogen (secondary N) is 1. The van der Waals surface area contributed by atoms with Crippen molar-refractivity contribution >= 4 is 21.7 Å². The maximum absolute atomic E-state index is 12.5. The first-order valence-electron chi connectivity index (χ1n) is 8.45. The van der Waals surface area contributed by atoms with Gasteiger partial charge >= 0.3 is 0 Å². The van der Waals surface area contributed by atoms with E-state index in [-0.39, 0.29) is 16.8 Å². The average molecular weight is 352 g/mol. The van der Waals surface area contributed by atoms with Crippen LogP contribution in [0.4, 0.5) is 5.82 Å². The number of aromatic nitrogens is 1. The number of pyridine rings is 1. The van der Waals surface area contributed by atoms with E-state index >= 15 is 0 Å². The molecule has 0 aliphatic carbocycles. The van der Waals surface area contributed by atoms with Crippen LogP contribution in [0.25, 0.3) is 0 Å². The monoisotopic (exact) mass is 352 g/mol. The Kier molecular flexibility index (Phi) is 5.05.